The molecule has 1 aromatic carbocycles. The first-order valence-corrected chi connectivity index (χ1v) is 5.85. The van der Waals surface area contributed by atoms with Gasteiger partial charge in [0.25, 0.3) is 0 Å². The second-order valence-corrected chi connectivity index (χ2v) is 4.24. The summed E-state index contributed by atoms with van der Waals surface area (Å²) in [6, 6.07) is 4.90. The molecule has 1 aromatic heterocycles. The third-order valence-electron chi connectivity index (χ3n) is 2.27. The predicted molar refractivity (Wildman–Crippen MR) is 63.4 cm³/mol. The number of aryl methyl sites for hydroxylation is 1. The molecule has 1 heterocycles. The Morgan fingerprint density at radius 3 is 3.00 bits per heavy atom. The van der Waals surface area contributed by atoms with Crippen molar-refractivity contribution < 1.29 is 4.39 Å². The Labute approximate surface area is 101 Å². The summed E-state index contributed by atoms with van der Waals surface area (Å²) in [5, 5.41) is 7.88. The fourth-order valence-electron chi connectivity index (χ4n) is 1.54. The van der Waals surface area contributed by atoms with Gasteiger partial charge in [-0.05, 0) is 34.5 Å². The number of halogens is 2. The summed E-state index contributed by atoms with van der Waals surface area (Å²) in [4.78, 5) is 0. The van der Waals surface area contributed by atoms with Crippen LogP contribution >= 0.6 is 15.9 Å². The van der Waals surface area contributed by atoms with Crippen molar-refractivity contribution in [2.45, 2.75) is 19.9 Å². The number of benzene rings is 1. The van der Waals surface area contributed by atoms with Crippen LogP contribution in [0.5, 0.6) is 0 Å². The molecule has 16 heavy (non-hydrogen) atoms. The van der Waals surface area contributed by atoms with Crippen molar-refractivity contribution in [1.82, 2.24) is 14.8 Å². The zero-order valence-electron chi connectivity index (χ0n) is 8.82. The molecule has 0 aliphatic heterocycles. The smallest absolute Gasteiger partial charge is 0.164 e. The molecule has 0 aliphatic carbocycles. The Morgan fingerprint density at radius 2 is 2.25 bits per heavy atom. The second kappa shape index (κ2) is 4.74. The molecule has 0 saturated heterocycles. The van der Waals surface area contributed by atoms with Crippen LogP contribution in [0, 0.1) is 5.82 Å². The molecule has 0 N–H and O–H groups in total. The Bertz CT molecular complexity index is 496. The summed E-state index contributed by atoms with van der Waals surface area (Å²) in [5.41, 5.74) is 0.728. The van der Waals surface area contributed by atoms with Crippen LogP contribution in [-0.2, 0) is 6.54 Å². The summed E-state index contributed by atoms with van der Waals surface area (Å²) < 4.78 is 15.7. The van der Waals surface area contributed by atoms with Crippen LogP contribution in [0.15, 0.2) is 29.0 Å². The Balaban J connectivity index is 2.50. The third-order valence-corrected chi connectivity index (χ3v) is 3.08. The van der Waals surface area contributed by atoms with E-state index in [1.165, 1.54) is 6.07 Å². The van der Waals surface area contributed by atoms with Crippen LogP contribution < -0.4 is 0 Å². The molecule has 0 radical (unpaired) electrons. The lowest BCUT2D eigenvalue weighted by Crippen LogP contribution is -1.99. The van der Waals surface area contributed by atoms with Crippen LogP contribution in [-0.4, -0.2) is 14.8 Å². The number of nitrogens with zero attached hydrogens (tertiary/aromatic N) is 3. The maximum absolute atomic E-state index is 13.4. The molecule has 0 saturated carbocycles. The first-order valence-electron chi connectivity index (χ1n) is 5.06. The molecule has 0 atom stereocenters. The van der Waals surface area contributed by atoms with E-state index in [1.54, 1.807) is 12.4 Å². The van der Waals surface area contributed by atoms with Crippen LogP contribution in [0.25, 0.3) is 11.4 Å². The quantitative estimate of drug-likeness (QED) is 0.866. The summed E-state index contributed by atoms with van der Waals surface area (Å²) >= 11 is 3.23. The molecule has 0 bridgehead atoms. The fourth-order valence-corrected chi connectivity index (χ4v) is 1.99. The van der Waals surface area contributed by atoms with E-state index in [-0.39, 0.29) is 5.82 Å². The van der Waals surface area contributed by atoms with E-state index >= 15 is 0 Å². The Kier molecular flexibility index (Phi) is 3.33. The highest BCUT2D eigenvalue weighted by Gasteiger charge is 2.12. The van der Waals surface area contributed by atoms with Crippen molar-refractivity contribution >= 4 is 15.9 Å². The minimum atomic E-state index is -0.288. The highest BCUT2D eigenvalue weighted by molar-refractivity contribution is 9.10. The molecule has 3 nitrogen and oxygen atoms in total. The number of aromatic nitrogens is 3. The molecule has 0 spiro atoms. The maximum Gasteiger partial charge on any atom is 0.164 e. The van der Waals surface area contributed by atoms with Crippen molar-refractivity contribution in [3.63, 3.8) is 0 Å². The summed E-state index contributed by atoms with van der Waals surface area (Å²) in [5.74, 6) is 0.400. The Morgan fingerprint density at radius 1 is 1.44 bits per heavy atom. The molecular weight excluding hydrogens is 273 g/mol. The summed E-state index contributed by atoms with van der Waals surface area (Å²) in [7, 11) is 0. The molecule has 84 valence electrons. The van der Waals surface area contributed by atoms with E-state index in [9.17, 15) is 4.39 Å². The number of rotatable bonds is 3. The minimum Gasteiger partial charge on any atom is -0.314 e. The molecule has 2 rings (SSSR count). The summed E-state index contributed by atoms with van der Waals surface area (Å²) in [6.45, 7) is 2.90. The van der Waals surface area contributed by atoms with Crippen molar-refractivity contribution in [2.75, 3.05) is 0 Å². The first-order chi connectivity index (χ1) is 7.74. The standard InChI is InChI=1S/C11H11BrFN3/c1-2-6-16-7-14-15-11(16)8-4-3-5-9(13)10(8)12/h3-5,7H,2,6H2,1H3. The van der Waals surface area contributed by atoms with E-state index < -0.39 is 0 Å². The van der Waals surface area contributed by atoms with Gasteiger partial charge in [-0.2, -0.15) is 0 Å². The lowest BCUT2D eigenvalue weighted by molar-refractivity contribution is 0.620. The van der Waals surface area contributed by atoms with Crippen molar-refractivity contribution in [3.8, 4) is 11.4 Å². The van der Waals surface area contributed by atoms with Gasteiger partial charge in [0.2, 0.25) is 0 Å². The predicted octanol–water partition coefficient (Wildman–Crippen LogP) is 3.26. The highest BCUT2D eigenvalue weighted by Crippen LogP contribution is 2.28. The lowest BCUT2D eigenvalue weighted by Gasteiger charge is -2.06. The third kappa shape index (κ3) is 2.00. The minimum absolute atomic E-state index is 0.288. The van der Waals surface area contributed by atoms with Gasteiger partial charge in [0.1, 0.15) is 12.1 Å². The van der Waals surface area contributed by atoms with Gasteiger partial charge < -0.3 is 4.57 Å². The number of hydrogen-bond acceptors (Lipinski definition) is 2. The van der Waals surface area contributed by atoms with Gasteiger partial charge in [-0.1, -0.05) is 13.0 Å². The van der Waals surface area contributed by atoms with Gasteiger partial charge in [-0.25, -0.2) is 4.39 Å². The van der Waals surface area contributed by atoms with E-state index in [0.29, 0.717) is 10.3 Å². The first kappa shape index (κ1) is 11.3. The molecule has 0 aliphatic rings. The van der Waals surface area contributed by atoms with Gasteiger partial charge in [0.15, 0.2) is 5.82 Å². The maximum atomic E-state index is 13.4. The van der Waals surface area contributed by atoms with Crippen LogP contribution in [0.2, 0.25) is 0 Å². The average molecular weight is 284 g/mol. The lowest BCUT2D eigenvalue weighted by atomic mass is 10.2. The van der Waals surface area contributed by atoms with E-state index in [1.807, 2.05) is 10.6 Å². The molecule has 0 fully saturated rings. The van der Waals surface area contributed by atoms with Crippen LogP contribution in [0.1, 0.15) is 13.3 Å². The molecule has 0 amide bonds. The monoisotopic (exact) mass is 283 g/mol. The van der Waals surface area contributed by atoms with E-state index in [2.05, 4.69) is 33.1 Å². The Hall–Kier alpha value is -1.23. The van der Waals surface area contributed by atoms with Crippen LogP contribution in [0.4, 0.5) is 4.39 Å². The van der Waals surface area contributed by atoms with Crippen molar-refractivity contribution in [2.24, 2.45) is 0 Å². The van der Waals surface area contributed by atoms with Crippen molar-refractivity contribution in [1.29, 1.82) is 0 Å². The van der Waals surface area contributed by atoms with Gasteiger partial charge >= 0.3 is 0 Å². The zero-order chi connectivity index (χ0) is 11.5. The SMILES string of the molecule is CCCn1cnnc1-c1cccc(F)c1Br. The fraction of sp³-hybridized carbons (Fsp3) is 0.273. The van der Waals surface area contributed by atoms with E-state index in [4.69, 9.17) is 0 Å². The average Bonchev–Trinajstić information content (AvgIpc) is 2.71. The van der Waals surface area contributed by atoms with Gasteiger partial charge in [0, 0.05) is 12.1 Å². The normalized spacial score (nSPS) is 10.7. The van der Waals surface area contributed by atoms with Gasteiger partial charge in [-0.15, -0.1) is 10.2 Å². The van der Waals surface area contributed by atoms with Gasteiger partial charge in [0.05, 0.1) is 4.47 Å². The van der Waals surface area contributed by atoms with Crippen molar-refractivity contribution in [3.05, 3.63) is 34.8 Å². The van der Waals surface area contributed by atoms with Crippen LogP contribution in [0.3, 0.4) is 0 Å². The largest absolute Gasteiger partial charge is 0.314 e. The van der Waals surface area contributed by atoms with E-state index in [0.717, 1.165) is 18.5 Å². The molecular formula is C11H11BrFN3. The zero-order valence-corrected chi connectivity index (χ0v) is 10.4. The van der Waals surface area contributed by atoms with Gasteiger partial charge in [-0.3, -0.25) is 0 Å². The number of hydrogen-bond donors (Lipinski definition) is 0. The highest BCUT2D eigenvalue weighted by atomic mass is 79.9. The molecule has 0 unspecified atom stereocenters. The topological polar surface area (TPSA) is 30.7 Å². The second-order valence-electron chi connectivity index (χ2n) is 3.45. The molecule has 2 aromatic rings. The summed E-state index contributed by atoms with van der Waals surface area (Å²) in [6.07, 6.45) is 2.65. The molecule has 5 heteroatoms.